The molecule has 23 heavy (non-hydrogen) atoms. The number of nitrogens with zero attached hydrogens (tertiary/aromatic N) is 1. The zero-order valence-corrected chi connectivity index (χ0v) is 16.6. The van der Waals surface area contributed by atoms with Crippen LogP contribution in [0.1, 0.15) is 45.7 Å². The van der Waals surface area contributed by atoms with E-state index in [4.69, 9.17) is 16.3 Å². The van der Waals surface area contributed by atoms with Crippen molar-refractivity contribution in [2.24, 2.45) is 5.92 Å². The molecule has 2 nitrogen and oxygen atoms in total. The number of rotatable bonds is 6. The Balaban J connectivity index is 1.89. The summed E-state index contributed by atoms with van der Waals surface area (Å²) in [6.07, 6.45) is 1.44. The van der Waals surface area contributed by atoms with Crippen LogP contribution in [-0.4, -0.2) is 34.8 Å². The second kappa shape index (κ2) is 8.24. The highest BCUT2D eigenvalue weighted by Gasteiger charge is 2.24. The van der Waals surface area contributed by atoms with E-state index in [-0.39, 0.29) is 10.9 Å². The van der Waals surface area contributed by atoms with Gasteiger partial charge in [0.2, 0.25) is 0 Å². The second-order valence-electron chi connectivity index (χ2n) is 7.49. The van der Waals surface area contributed by atoms with E-state index in [0.29, 0.717) is 17.9 Å². The summed E-state index contributed by atoms with van der Waals surface area (Å²) in [5.74, 6) is 1.28. The summed E-state index contributed by atoms with van der Waals surface area (Å²) in [7, 11) is 0. The molecule has 4 heteroatoms. The summed E-state index contributed by atoms with van der Waals surface area (Å²) in [4.78, 5) is 0. The molecule has 0 bridgehead atoms. The minimum Gasteiger partial charge on any atom is -0.362 e. The second-order valence-corrected chi connectivity index (χ2v) is 9.15. The van der Waals surface area contributed by atoms with Crippen molar-refractivity contribution in [3.05, 3.63) is 35.4 Å². The number of hydrogen-bond acceptors (Lipinski definition) is 3. The third kappa shape index (κ3) is 5.67. The van der Waals surface area contributed by atoms with Crippen LogP contribution in [0.2, 0.25) is 0 Å². The third-order valence-electron chi connectivity index (χ3n) is 4.35. The predicted octanol–water partition coefficient (Wildman–Crippen LogP) is 5.10. The van der Waals surface area contributed by atoms with E-state index in [1.54, 1.807) is 0 Å². The van der Waals surface area contributed by atoms with E-state index >= 15 is 0 Å². The lowest BCUT2D eigenvalue weighted by atomic mass is 9.86. The molecule has 0 aliphatic carbocycles. The molecule has 2 rings (SSSR count). The molecular formula is C19H30ClNOS. The van der Waals surface area contributed by atoms with Crippen molar-refractivity contribution in [1.82, 2.24) is 4.31 Å². The van der Waals surface area contributed by atoms with Crippen molar-refractivity contribution in [2.75, 3.05) is 19.0 Å². The maximum atomic E-state index is 6.07. The van der Waals surface area contributed by atoms with Crippen molar-refractivity contribution in [3.63, 3.8) is 0 Å². The van der Waals surface area contributed by atoms with Crippen LogP contribution in [0.25, 0.3) is 0 Å². The molecular weight excluding hydrogens is 326 g/mol. The van der Waals surface area contributed by atoms with Crippen LogP contribution >= 0.6 is 23.5 Å². The molecule has 1 aromatic carbocycles. The van der Waals surface area contributed by atoms with Gasteiger partial charge in [-0.25, -0.2) is 4.31 Å². The standard InChI is InChI=1S/C19H30ClNOS/c1-14(11-21-12-15(2)22-16(3)23-21)10-17-6-8-18(9-7-17)19(4,5)13-20/h6-9,14-16H,10-13H2,1-5H3. The van der Waals surface area contributed by atoms with E-state index in [0.717, 1.165) is 19.5 Å². The van der Waals surface area contributed by atoms with Crippen LogP contribution in [0.15, 0.2) is 24.3 Å². The highest BCUT2D eigenvalue weighted by atomic mass is 35.5. The predicted molar refractivity (Wildman–Crippen MR) is 102 cm³/mol. The Morgan fingerprint density at radius 2 is 1.96 bits per heavy atom. The molecule has 0 saturated carbocycles. The van der Waals surface area contributed by atoms with Gasteiger partial charge in [-0.1, -0.05) is 45.0 Å². The van der Waals surface area contributed by atoms with Gasteiger partial charge in [-0.15, -0.1) is 11.6 Å². The molecule has 0 aromatic heterocycles. The monoisotopic (exact) mass is 355 g/mol. The Kier molecular flexibility index (Phi) is 6.85. The molecule has 1 aliphatic rings. The molecule has 3 unspecified atom stereocenters. The lowest BCUT2D eigenvalue weighted by molar-refractivity contribution is 0.0259. The number of halogens is 1. The molecule has 1 aliphatic heterocycles. The molecule has 1 aromatic rings. The van der Waals surface area contributed by atoms with Crippen LogP contribution in [0.3, 0.4) is 0 Å². The Morgan fingerprint density at radius 1 is 1.30 bits per heavy atom. The lowest BCUT2D eigenvalue weighted by Gasteiger charge is -2.35. The first kappa shape index (κ1) is 19.1. The van der Waals surface area contributed by atoms with Gasteiger partial charge in [0, 0.05) is 24.4 Å². The normalized spacial score (nSPS) is 24.6. The molecule has 1 fully saturated rings. The zero-order valence-electron chi connectivity index (χ0n) is 15.0. The van der Waals surface area contributed by atoms with Gasteiger partial charge < -0.3 is 4.74 Å². The highest BCUT2D eigenvalue weighted by molar-refractivity contribution is 7.97. The van der Waals surface area contributed by atoms with E-state index in [2.05, 4.69) is 63.2 Å². The van der Waals surface area contributed by atoms with Crippen molar-refractivity contribution < 1.29 is 4.74 Å². The van der Waals surface area contributed by atoms with Gasteiger partial charge in [-0.2, -0.15) is 0 Å². The largest absolute Gasteiger partial charge is 0.362 e. The van der Waals surface area contributed by atoms with Crippen molar-refractivity contribution in [3.8, 4) is 0 Å². The fourth-order valence-corrected chi connectivity index (χ4v) is 4.49. The summed E-state index contributed by atoms with van der Waals surface area (Å²) < 4.78 is 8.25. The number of ether oxygens (including phenoxy) is 1. The van der Waals surface area contributed by atoms with Crippen LogP contribution < -0.4 is 0 Å². The van der Waals surface area contributed by atoms with Crippen molar-refractivity contribution >= 4 is 23.5 Å². The molecule has 0 radical (unpaired) electrons. The molecule has 1 heterocycles. The van der Waals surface area contributed by atoms with Gasteiger partial charge in [0.05, 0.1) is 6.10 Å². The first-order chi connectivity index (χ1) is 10.8. The summed E-state index contributed by atoms with van der Waals surface area (Å²) in [6.45, 7) is 13.1. The third-order valence-corrected chi connectivity index (χ3v) is 6.02. The van der Waals surface area contributed by atoms with Gasteiger partial charge in [0.15, 0.2) is 0 Å². The zero-order chi connectivity index (χ0) is 17.0. The highest BCUT2D eigenvalue weighted by Crippen LogP contribution is 2.28. The average molecular weight is 356 g/mol. The Bertz CT molecular complexity index is 481. The first-order valence-corrected chi connectivity index (χ1v) is 9.90. The topological polar surface area (TPSA) is 12.5 Å². The van der Waals surface area contributed by atoms with Crippen LogP contribution in [0, 0.1) is 5.92 Å². The smallest absolute Gasteiger partial charge is 0.115 e. The summed E-state index contributed by atoms with van der Waals surface area (Å²) >= 11 is 7.90. The fraction of sp³-hybridized carbons (Fsp3) is 0.684. The van der Waals surface area contributed by atoms with E-state index in [1.165, 1.54) is 11.1 Å². The average Bonchev–Trinajstić information content (AvgIpc) is 2.46. The van der Waals surface area contributed by atoms with E-state index < -0.39 is 0 Å². The quantitative estimate of drug-likeness (QED) is 0.520. The van der Waals surface area contributed by atoms with Crippen molar-refractivity contribution in [2.45, 2.75) is 58.0 Å². The Hall–Kier alpha value is -0.220. The molecule has 3 atom stereocenters. The number of alkyl halides is 1. The van der Waals surface area contributed by atoms with Gasteiger partial charge in [-0.3, -0.25) is 0 Å². The maximum absolute atomic E-state index is 6.07. The minimum absolute atomic E-state index is 0.0441. The minimum atomic E-state index is 0.0441. The van der Waals surface area contributed by atoms with E-state index in [9.17, 15) is 0 Å². The number of benzene rings is 1. The van der Waals surface area contributed by atoms with Crippen LogP contribution in [0.4, 0.5) is 0 Å². The maximum Gasteiger partial charge on any atom is 0.115 e. The van der Waals surface area contributed by atoms with Gasteiger partial charge in [0.1, 0.15) is 5.44 Å². The molecule has 1 saturated heterocycles. The van der Waals surface area contributed by atoms with Crippen molar-refractivity contribution in [1.29, 1.82) is 0 Å². The molecule has 0 amide bonds. The van der Waals surface area contributed by atoms with Gasteiger partial charge in [-0.05, 0) is 49.3 Å². The SMILES string of the molecule is CC(Cc1ccc(C(C)(C)CCl)cc1)CN1CC(C)OC(C)S1. The molecule has 130 valence electrons. The number of hydrogen-bond donors (Lipinski definition) is 0. The first-order valence-electron chi connectivity index (χ1n) is 8.52. The van der Waals surface area contributed by atoms with Crippen LogP contribution in [-0.2, 0) is 16.6 Å². The van der Waals surface area contributed by atoms with E-state index in [1.807, 2.05) is 11.9 Å². The lowest BCUT2D eigenvalue weighted by Crippen LogP contribution is -2.38. The molecule has 0 N–H and O–H groups in total. The fourth-order valence-electron chi connectivity index (χ4n) is 3.04. The van der Waals surface area contributed by atoms with Crippen LogP contribution in [0.5, 0.6) is 0 Å². The molecule has 0 spiro atoms. The summed E-state index contributed by atoms with van der Waals surface area (Å²) in [6, 6.07) is 8.99. The Morgan fingerprint density at radius 3 is 2.52 bits per heavy atom. The van der Waals surface area contributed by atoms with Gasteiger partial charge in [0.25, 0.3) is 0 Å². The van der Waals surface area contributed by atoms with Gasteiger partial charge >= 0.3 is 0 Å². The Labute approximate surface area is 151 Å². The summed E-state index contributed by atoms with van der Waals surface area (Å²) in [5.41, 5.74) is 3.03. The summed E-state index contributed by atoms with van der Waals surface area (Å²) in [5, 5.41) is 0.